The van der Waals surface area contributed by atoms with Crippen molar-refractivity contribution in [2.45, 2.75) is 57.8 Å². The second-order valence-corrected chi connectivity index (χ2v) is 7.80. The van der Waals surface area contributed by atoms with Gasteiger partial charge in [-0.2, -0.15) is 0 Å². The Balaban J connectivity index is 1.76. The molecule has 1 amide bonds. The van der Waals surface area contributed by atoms with E-state index < -0.39 is 17.9 Å². The van der Waals surface area contributed by atoms with Crippen LogP contribution in [0.4, 0.5) is 10.5 Å². The number of hydrogen-bond acceptors (Lipinski definition) is 4. The largest absolute Gasteiger partial charge is 0.632 e. The molecule has 1 heterocycles. The number of amides is 1. The highest BCUT2D eigenvalue weighted by Gasteiger charge is 2.36. The zero-order valence-electron chi connectivity index (χ0n) is 14.6. The lowest BCUT2D eigenvalue weighted by Gasteiger charge is -2.36. The van der Waals surface area contributed by atoms with E-state index in [0.29, 0.717) is 12.5 Å². The van der Waals surface area contributed by atoms with Crippen molar-refractivity contribution in [3.63, 3.8) is 0 Å². The van der Waals surface area contributed by atoms with Gasteiger partial charge < -0.3 is 20.3 Å². The van der Waals surface area contributed by atoms with Crippen molar-refractivity contribution in [2.75, 3.05) is 11.9 Å². The molecular formula is C18H27N3O3. The van der Waals surface area contributed by atoms with E-state index in [1.165, 1.54) is 12.8 Å². The number of ether oxygens (including phenoxy) is 1. The van der Waals surface area contributed by atoms with Crippen molar-refractivity contribution in [1.82, 2.24) is 5.32 Å². The van der Waals surface area contributed by atoms with Crippen molar-refractivity contribution >= 4 is 11.8 Å². The predicted molar refractivity (Wildman–Crippen MR) is 92.5 cm³/mol. The van der Waals surface area contributed by atoms with Crippen molar-refractivity contribution in [2.24, 2.45) is 5.92 Å². The number of rotatable bonds is 3. The molecular weight excluding hydrogens is 306 g/mol. The minimum absolute atomic E-state index is 0.0743. The number of quaternary nitrogens is 1. The molecule has 0 saturated heterocycles. The Morgan fingerprint density at radius 3 is 2.75 bits per heavy atom. The highest BCUT2D eigenvalue weighted by atomic mass is 16.6. The smallest absolute Gasteiger partial charge is 0.412 e. The predicted octanol–water partition coefficient (Wildman–Crippen LogP) is 2.19. The Bertz CT molecular complexity index is 595. The van der Waals surface area contributed by atoms with E-state index in [1.54, 1.807) is 0 Å². The van der Waals surface area contributed by atoms with Crippen LogP contribution in [0.25, 0.3) is 0 Å². The number of para-hydroxylation sites is 1. The summed E-state index contributed by atoms with van der Waals surface area (Å²) in [6, 6.07) is 7.78. The Morgan fingerprint density at radius 1 is 1.38 bits per heavy atom. The summed E-state index contributed by atoms with van der Waals surface area (Å²) in [4.78, 5) is 12.1. The average Bonchev–Trinajstić information content (AvgIpc) is 3.31. The molecule has 2 aliphatic rings. The normalized spacial score (nSPS) is 26.8. The van der Waals surface area contributed by atoms with Crippen LogP contribution in [0.15, 0.2) is 24.3 Å². The van der Waals surface area contributed by atoms with Crippen LogP contribution < -0.4 is 15.7 Å². The third-order valence-electron chi connectivity index (χ3n) is 4.48. The summed E-state index contributed by atoms with van der Waals surface area (Å²) in [5.41, 5.74) is 1.45. The van der Waals surface area contributed by atoms with Crippen LogP contribution in [-0.4, -0.2) is 24.4 Å². The maximum atomic E-state index is 13.1. The number of hydrogen-bond donors (Lipinski definition) is 3. The highest BCUT2D eigenvalue weighted by Crippen LogP contribution is 2.38. The van der Waals surface area contributed by atoms with Crippen molar-refractivity contribution < 1.29 is 14.6 Å². The van der Waals surface area contributed by atoms with Gasteiger partial charge in [0.15, 0.2) is 6.17 Å². The summed E-state index contributed by atoms with van der Waals surface area (Å²) in [5.74, 6) is 0.632. The van der Waals surface area contributed by atoms with Gasteiger partial charge in [-0.3, -0.25) is 5.32 Å². The summed E-state index contributed by atoms with van der Waals surface area (Å²) < 4.78 is 5.31. The van der Waals surface area contributed by atoms with E-state index >= 15 is 0 Å². The summed E-state index contributed by atoms with van der Waals surface area (Å²) in [6.45, 7) is 5.82. The number of carbonyl (C=O) groups is 1. The molecule has 0 radical (unpaired) electrons. The lowest BCUT2D eigenvalue weighted by atomic mass is 9.99. The molecule has 3 unspecified atom stereocenters. The number of hydroxylamine groups is 2. The van der Waals surface area contributed by atoms with Gasteiger partial charge in [-0.05, 0) is 45.6 Å². The first-order valence-electron chi connectivity index (χ1n) is 8.69. The number of alkyl carbamates (subject to hydrolysis) is 1. The van der Waals surface area contributed by atoms with Crippen LogP contribution >= 0.6 is 0 Å². The van der Waals surface area contributed by atoms with Gasteiger partial charge in [0.1, 0.15) is 11.6 Å². The molecule has 6 heteroatoms. The molecule has 0 spiro atoms. The molecule has 1 aliphatic heterocycles. The van der Waals surface area contributed by atoms with Crippen LogP contribution in [0.1, 0.15) is 51.6 Å². The van der Waals surface area contributed by atoms with Gasteiger partial charge in [-0.25, -0.2) is 4.79 Å². The van der Waals surface area contributed by atoms with E-state index in [9.17, 15) is 10.0 Å². The van der Waals surface area contributed by atoms with E-state index in [-0.39, 0.29) is 11.1 Å². The van der Waals surface area contributed by atoms with Crippen LogP contribution in [0, 0.1) is 11.1 Å². The zero-order valence-corrected chi connectivity index (χ0v) is 14.6. The molecule has 0 bridgehead atoms. The topological polar surface area (TPSA) is 77.9 Å². The number of benzene rings is 1. The molecule has 1 aromatic carbocycles. The summed E-state index contributed by atoms with van der Waals surface area (Å²) in [6.07, 6.45) is 2.15. The summed E-state index contributed by atoms with van der Waals surface area (Å²) in [7, 11) is 0. The minimum Gasteiger partial charge on any atom is -0.632 e. The molecule has 6 nitrogen and oxygen atoms in total. The molecule has 1 aliphatic carbocycles. The molecule has 1 saturated carbocycles. The van der Waals surface area contributed by atoms with Crippen molar-refractivity contribution in [1.29, 1.82) is 0 Å². The van der Waals surface area contributed by atoms with Gasteiger partial charge in [0.2, 0.25) is 0 Å². The Hall–Kier alpha value is -1.79. The highest BCUT2D eigenvalue weighted by molar-refractivity contribution is 5.68. The van der Waals surface area contributed by atoms with Gasteiger partial charge in [0.05, 0.1) is 6.54 Å². The van der Waals surface area contributed by atoms with Crippen molar-refractivity contribution in [3.05, 3.63) is 35.0 Å². The Kier molecular flexibility index (Phi) is 4.69. The maximum Gasteiger partial charge on any atom is 0.412 e. The first kappa shape index (κ1) is 17.0. The Labute approximate surface area is 143 Å². The van der Waals surface area contributed by atoms with Crippen molar-refractivity contribution in [3.8, 4) is 0 Å². The molecule has 1 aromatic rings. The first-order valence-corrected chi connectivity index (χ1v) is 8.69. The van der Waals surface area contributed by atoms with Gasteiger partial charge in [0, 0.05) is 17.7 Å². The fourth-order valence-corrected chi connectivity index (χ4v) is 3.17. The van der Waals surface area contributed by atoms with Crippen LogP contribution in [-0.2, 0) is 4.74 Å². The van der Waals surface area contributed by atoms with E-state index in [4.69, 9.17) is 4.74 Å². The zero-order chi connectivity index (χ0) is 17.3. The van der Waals surface area contributed by atoms with Gasteiger partial charge in [-0.1, -0.05) is 18.2 Å². The first-order chi connectivity index (χ1) is 11.3. The van der Waals surface area contributed by atoms with E-state index in [2.05, 4.69) is 10.6 Å². The standard InChI is InChI=1S/C18H27N3O3/c1-18(2,3)24-17(22)20-16-11-19-14-7-5-4-6-13(14)15(21(16)23)10-12-8-9-12/h4-7,12,15-16,19,21H,8-11H2,1-3H3,(H,20,22). The lowest BCUT2D eigenvalue weighted by molar-refractivity contribution is -0.908. The Morgan fingerprint density at radius 2 is 2.08 bits per heavy atom. The SMILES string of the molecule is CC(C)(C)OC(=O)NC1CNc2ccccc2C(CC2CC2)[NH+]1[O-]. The number of nitrogens with one attached hydrogen (secondary N) is 3. The minimum atomic E-state index is -0.582. The van der Waals surface area contributed by atoms with Gasteiger partial charge >= 0.3 is 6.09 Å². The van der Waals surface area contributed by atoms with E-state index in [1.807, 2.05) is 45.0 Å². The molecule has 3 N–H and O–H groups in total. The fraction of sp³-hybridized carbons (Fsp3) is 0.611. The van der Waals surface area contributed by atoms with Crippen LogP contribution in [0.3, 0.4) is 0 Å². The molecule has 3 atom stereocenters. The van der Waals surface area contributed by atoms with Gasteiger partial charge in [-0.15, -0.1) is 0 Å². The number of carbonyl (C=O) groups excluding carboxylic acids is 1. The second kappa shape index (κ2) is 6.61. The second-order valence-electron chi connectivity index (χ2n) is 7.80. The van der Waals surface area contributed by atoms with Crippen LogP contribution in [0.5, 0.6) is 0 Å². The van der Waals surface area contributed by atoms with Crippen LogP contribution in [0.2, 0.25) is 0 Å². The average molecular weight is 333 g/mol. The molecule has 132 valence electrons. The molecule has 3 rings (SSSR count). The fourth-order valence-electron chi connectivity index (χ4n) is 3.17. The van der Waals surface area contributed by atoms with Gasteiger partial charge in [0.25, 0.3) is 0 Å². The summed E-state index contributed by atoms with van der Waals surface area (Å²) in [5, 5.41) is 19.2. The molecule has 24 heavy (non-hydrogen) atoms. The monoisotopic (exact) mass is 333 g/mol. The maximum absolute atomic E-state index is 13.1. The lowest BCUT2D eigenvalue weighted by Crippen LogP contribution is -3.14. The quantitative estimate of drug-likeness (QED) is 0.741. The third-order valence-corrected chi connectivity index (χ3v) is 4.48. The molecule has 0 aromatic heterocycles. The van der Waals surface area contributed by atoms with E-state index in [0.717, 1.165) is 17.7 Å². The summed E-state index contributed by atoms with van der Waals surface area (Å²) >= 11 is 0. The third kappa shape index (κ3) is 4.19. The number of anilines is 1. The molecule has 1 fully saturated rings. The number of fused-ring (bicyclic) bond motifs is 1.